The molecule has 0 unspecified atom stereocenters. The molecule has 6 aromatic rings. The first-order valence-electron chi connectivity index (χ1n) is 14.4. The summed E-state index contributed by atoms with van der Waals surface area (Å²) in [6.45, 7) is 2.72. The van der Waals surface area contributed by atoms with Crippen molar-refractivity contribution < 1.29 is 0 Å². The van der Waals surface area contributed by atoms with E-state index in [9.17, 15) is 0 Å². The van der Waals surface area contributed by atoms with E-state index < -0.39 is 8.07 Å². The highest BCUT2D eigenvalue weighted by Crippen LogP contribution is 2.13. The summed E-state index contributed by atoms with van der Waals surface area (Å²) >= 11 is 10.5. The summed E-state index contributed by atoms with van der Waals surface area (Å²) in [6, 6.07) is 49.3. The van der Waals surface area contributed by atoms with Crippen LogP contribution in [0.2, 0.25) is 6.82 Å². The van der Waals surface area contributed by atoms with E-state index in [1.807, 2.05) is 18.7 Å². The van der Waals surface area contributed by atoms with Gasteiger partial charge in [-0.2, -0.15) is 0 Å². The fraction of sp³-hybridized carbons (Fsp3) is 0.0541. The second-order valence-electron chi connectivity index (χ2n) is 10.5. The summed E-state index contributed by atoms with van der Waals surface area (Å²) in [5, 5.41) is 7.48. The van der Waals surface area contributed by atoms with Gasteiger partial charge in [-0.15, -0.1) is 0 Å². The normalized spacial score (nSPS) is 10.7. The lowest BCUT2D eigenvalue weighted by atomic mass is 9.43. The Kier molecular flexibility index (Phi) is 10.4. The molecule has 0 bridgehead atoms. The molecule has 0 saturated carbocycles. The van der Waals surface area contributed by atoms with Crippen molar-refractivity contribution in [2.75, 3.05) is 0 Å². The predicted molar refractivity (Wildman–Crippen MR) is 195 cm³/mol. The monoisotopic (exact) mass is 608 g/mol. The molecule has 6 rings (SSSR count). The Balaban J connectivity index is 0.000000220. The molecule has 0 aliphatic heterocycles. The van der Waals surface area contributed by atoms with Crippen molar-refractivity contribution in [3.05, 3.63) is 169 Å². The number of thiocarbonyl (C=S) groups is 2. The maximum Gasteiger partial charge on any atom is 0.206 e. The van der Waals surface area contributed by atoms with Crippen molar-refractivity contribution >= 4 is 76.4 Å². The first-order chi connectivity index (χ1) is 21.1. The predicted octanol–water partition coefficient (Wildman–Crippen LogP) is 5.21. The Labute approximate surface area is 267 Å². The van der Waals surface area contributed by atoms with Crippen LogP contribution in [0.1, 0.15) is 11.1 Å². The molecule has 0 amide bonds. The SMILES string of the molecule is CB(c1ccccc1)c1ccccc1.S=Cc1cccc([Si](Cn2ccnc2)(c2ccccc2)c2cccc(C=S)c2)c1. The van der Waals surface area contributed by atoms with Crippen LogP contribution >= 0.6 is 24.4 Å². The molecular formula is C37H33BN2S2Si. The zero-order valence-corrected chi connectivity index (χ0v) is 26.8. The van der Waals surface area contributed by atoms with Gasteiger partial charge in [-0.1, -0.05) is 182 Å². The highest BCUT2D eigenvalue weighted by Gasteiger charge is 2.40. The van der Waals surface area contributed by atoms with Gasteiger partial charge in [-0.05, 0) is 26.7 Å². The minimum atomic E-state index is -2.43. The van der Waals surface area contributed by atoms with Crippen molar-refractivity contribution in [2.45, 2.75) is 13.0 Å². The van der Waals surface area contributed by atoms with Crippen molar-refractivity contribution in [1.82, 2.24) is 9.55 Å². The summed E-state index contributed by atoms with van der Waals surface area (Å²) in [6.07, 6.45) is 6.62. The topological polar surface area (TPSA) is 17.8 Å². The van der Waals surface area contributed by atoms with Crippen molar-refractivity contribution in [3.8, 4) is 0 Å². The van der Waals surface area contributed by atoms with E-state index in [1.165, 1.54) is 26.5 Å². The highest BCUT2D eigenvalue weighted by molar-refractivity contribution is 7.79. The summed E-state index contributed by atoms with van der Waals surface area (Å²) in [5.74, 6) is 0. The molecule has 0 fully saturated rings. The zero-order chi connectivity index (χ0) is 29.9. The number of nitrogens with zero attached hydrogens (tertiary/aromatic N) is 2. The van der Waals surface area contributed by atoms with Gasteiger partial charge in [0.1, 0.15) is 0 Å². The maximum absolute atomic E-state index is 5.25. The van der Waals surface area contributed by atoms with E-state index in [0.717, 1.165) is 17.3 Å². The number of imidazole rings is 1. The van der Waals surface area contributed by atoms with Crippen LogP contribution in [0, 0.1) is 0 Å². The quantitative estimate of drug-likeness (QED) is 0.128. The lowest BCUT2D eigenvalue weighted by Gasteiger charge is -2.34. The molecule has 6 heteroatoms. The Hall–Kier alpha value is -4.23. The van der Waals surface area contributed by atoms with Crippen LogP contribution in [0.5, 0.6) is 0 Å². The Morgan fingerprint density at radius 2 is 1.09 bits per heavy atom. The van der Waals surface area contributed by atoms with Crippen LogP contribution < -0.4 is 26.5 Å². The largest absolute Gasteiger partial charge is 0.339 e. The standard InChI is InChI=1S/C24H20N2S2Si.C13H13B/c27-16-20-6-4-10-23(14-20)29(19-26-13-12-25-18-26,22-8-2-1-3-9-22)24-11-5-7-21(15-24)17-28;1-14(12-8-4-2-5-9-12)13-10-6-3-7-11-13/h1-18H,19H2;2-11H,1H3. The van der Waals surface area contributed by atoms with Gasteiger partial charge < -0.3 is 4.57 Å². The van der Waals surface area contributed by atoms with Crippen LogP contribution in [-0.2, 0) is 6.17 Å². The molecule has 43 heavy (non-hydrogen) atoms. The molecule has 0 radical (unpaired) electrons. The molecule has 5 aromatic carbocycles. The zero-order valence-electron chi connectivity index (χ0n) is 24.2. The second kappa shape index (κ2) is 14.8. The molecule has 1 heterocycles. The molecule has 0 aliphatic rings. The van der Waals surface area contributed by atoms with E-state index in [1.54, 1.807) is 10.7 Å². The summed E-state index contributed by atoms with van der Waals surface area (Å²) in [4.78, 5) is 4.29. The summed E-state index contributed by atoms with van der Waals surface area (Å²) < 4.78 is 2.19. The van der Waals surface area contributed by atoms with Crippen LogP contribution in [0.15, 0.2) is 158 Å². The fourth-order valence-electron chi connectivity index (χ4n) is 5.58. The first-order valence-corrected chi connectivity index (χ1v) is 17.5. The smallest absolute Gasteiger partial charge is 0.206 e. The van der Waals surface area contributed by atoms with Crippen LogP contribution in [-0.4, -0.2) is 35.1 Å². The minimum Gasteiger partial charge on any atom is -0.339 e. The third-order valence-corrected chi connectivity index (χ3v) is 13.2. The molecule has 0 N–H and O–H groups in total. The molecule has 0 aliphatic carbocycles. The Morgan fingerprint density at radius 1 is 0.628 bits per heavy atom. The van der Waals surface area contributed by atoms with Crippen LogP contribution in [0.25, 0.3) is 0 Å². The number of aromatic nitrogens is 2. The fourth-order valence-corrected chi connectivity index (χ4v) is 10.5. The van der Waals surface area contributed by atoms with E-state index in [4.69, 9.17) is 24.4 Å². The first kappa shape index (κ1) is 30.2. The number of rotatable bonds is 9. The Bertz CT molecular complexity index is 1650. The van der Waals surface area contributed by atoms with Crippen LogP contribution in [0.4, 0.5) is 0 Å². The molecule has 2 nitrogen and oxygen atoms in total. The molecule has 0 atom stereocenters. The third-order valence-electron chi connectivity index (χ3n) is 7.88. The lowest BCUT2D eigenvalue weighted by Crippen LogP contribution is -2.69. The number of benzene rings is 5. The molecule has 1 aromatic heterocycles. The van der Waals surface area contributed by atoms with E-state index in [-0.39, 0.29) is 0 Å². The summed E-state index contributed by atoms with van der Waals surface area (Å²) in [7, 11) is -2.43. The van der Waals surface area contributed by atoms with Gasteiger partial charge in [-0.3, -0.25) is 0 Å². The van der Waals surface area contributed by atoms with E-state index in [0.29, 0.717) is 6.71 Å². The van der Waals surface area contributed by atoms with Gasteiger partial charge in [0.15, 0.2) is 8.07 Å². The third kappa shape index (κ3) is 7.23. The molecule has 210 valence electrons. The summed E-state index contributed by atoms with van der Waals surface area (Å²) in [5.41, 5.74) is 4.86. The van der Waals surface area contributed by atoms with E-state index in [2.05, 4.69) is 156 Å². The van der Waals surface area contributed by atoms with Crippen molar-refractivity contribution in [2.24, 2.45) is 0 Å². The minimum absolute atomic E-state index is 0.484. The molecule has 0 spiro atoms. The maximum atomic E-state index is 5.25. The van der Waals surface area contributed by atoms with Gasteiger partial charge in [0, 0.05) is 29.3 Å². The number of hydrogen-bond donors (Lipinski definition) is 0. The van der Waals surface area contributed by atoms with Gasteiger partial charge in [0.05, 0.1) is 6.33 Å². The average Bonchev–Trinajstić information content (AvgIpc) is 3.61. The van der Waals surface area contributed by atoms with Crippen molar-refractivity contribution in [3.63, 3.8) is 0 Å². The molecular weight excluding hydrogens is 575 g/mol. The Morgan fingerprint density at radius 3 is 1.53 bits per heavy atom. The average molecular weight is 609 g/mol. The van der Waals surface area contributed by atoms with Gasteiger partial charge in [0.25, 0.3) is 0 Å². The lowest BCUT2D eigenvalue weighted by molar-refractivity contribution is 0.862. The van der Waals surface area contributed by atoms with Gasteiger partial charge >= 0.3 is 0 Å². The van der Waals surface area contributed by atoms with Crippen LogP contribution in [0.3, 0.4) is 0 Å². The van der Waals surface area contributed by atoms with E-state index >= 15 is 0 Å². The number of hydrogen-bond acceptors (Lipinski definition) is 3. The second-order valence-corrected chi connectivity index (χ2v) is 14.9. The highest BCUT2D eigenvalue weighted by atomic mass is 32.1. The van der Waals surface area contributed by atoms with Crippen molar-refractivity contribution in [1.29, 1.82) is 0 Å². The molecule has 0 saturated heterocycles. The van der Waals surface area contributed by atoms with Gasteiger partial charge in [-0.25, -0.2) is 4.98 Å². The van der Waals surface area contributed by atoms with Gasteiger partial charge in [0.2, 0.25) is 6.71 Å².